The van der Waals surface area contributed by atoms with Gasteiger partial charge in [-0.25, -0.2) is 0 Å². The summed E-state index contributed by atoms with van der Waals surface area (Å²) in [6.45, 7) is 7.80. The van der Waals surface area contributed by atoms with Crippen LogP contribution in [0.5, 0.6) is 0 Å². The summed E-state index contributed by atoms with van der Waals surface area (Å²) in [5.74, 6) is 1.01. The third-order valence-electron chi connectivity index (χ3n) is 3.10. The van der Waals surface area contributed by atoms with E-state index in [1.165, 1.54) is 5.56 Å². The van der Waals surface area contributed by atoms with Gasteiger partial charge in [-0.3, -0.25) is 4.79 Å². The number of aryl methyl sites for hydroxylation is 2. The second-order valence-corrected chi connectivity index (χ2v) is 4.81. The highest BCUT2D eigenvalue weighted by atomic mass is 16.5. The molecule has 2 rings (SSSR count). The van der Waals surface area contributed by atoms with E-state index in [1.54, 1.807) is 13.8 Å². The zero-order valence-electron chi connectivity index (χ0n) is 11.2. The zero-order chi connectivity index (χ0) is 13.3. The maximum atomic E-state index is 12.3. The summed E-state index contributed by atoms with van der Waals surface area (Å²) in [5.41, 5.74) is 3.12. The maximum absolute atomic E-state index is 12.3. The van der Waals surface area contributed by atoms with E-state index in [0.717, 1.165) is 0 Å². The monoisotopic (exact) mass is 243 g/mol. The Morgan fingerprint density at radius 2 is 1.78 bits per heavy atom. The second kappa shape index (κ2) is 4.77. The van der Waals surface area contributed by atoms with Gasteiger partial charge in [0.25, 0.3) is 0 Å². The van der Waals surface area contributed by atoms with E-state index in [4.69, 9.17) is 4.52 Å². The highest BCUT2D eigenvalue weighted by Crippen LogP contribution is 2.20. The van der Waals surface area contributed by atoms with Gasteiger partial charge >= 0.3 is 0 Å². The largest absolute Gasteiger partial charge is 0.361 e. The molecule has 2 aromatic rings. The second-order valence-electron chi connectivity index (χ2n) is 4.81. The first-order chi connectivity index (χ1) is 8.50. The first kappa shape index (κ1) is 12.6. The van der Waals surface area contributed by atoms with Crippen LogP contribution in [0.3, 0.4) is 0 Å². The van der Waals surface area contributed by atoms with Gasteiger partial charge in [-0.15, -0.1) is 0 Å². The number of benzene rings is 1. The average Bonchev–Trinajstić information content (AvgIpc) is 2.68. The molecule has 0 aliphatic heterocycles. The SMILES string of the molecule is Cc1noc(C)c1C(=O)c1ccc(C(C)C)cc1. The van der Waals surface area contributed by atoms with Crippen LogP contribution >= 0.6 is 0 Å². The Balaban J connectivity index is 2.35. The summed E-state index contributed by atoms with van der Waals surface area (Å²) in [6, 6.07) is 7.72. The van der Waals surface area contributed by atoms with Crippen LogP contribution in [0, 0.1) is 13.8 Å². The predicted octanol–water partition coefficient (Wildman–Crippen LogP) is 3.65. The molecular formula is C15H17NO2. The van der Waals surface area contributed by atoms with Crippen molar-refractivity contribution < 1.29 is 9.32 Å². The van der Waals surface area contributed by atoms with Gasteiger partial charge in [0, 0.05) is 5.56 Å². The van der Waals surface area contributed by atoms with Crippen molar-refractivity contribution in [2.24, 2.45) is 0 Å². The first-order valence-electron chi connectivity index (χ1n) is 6.08. The summed E-state index contributed by atoms with van der Waals surface area (Å²) in [7, 11) is 0. The van der Waals surface area contributed by atoms with Crippen LogP contribution in [0.4, 0.5) is 0 Å². The Hall–Kier alpha value is -1.90. The van der Waals surface area contributed by atoms with Crippen molar-refractivity contribution in [3.8, 4) is 0 Å². The summed E-state index contributed by atoms with van der Waals surface area (Å²) < 4.78 is 5.03. The van der Waals surface area contributed by atoms with Crippen molar-refractivity contribution in [2.45, 2.75) is 33.6 Å². The molecule has 94 valence electrons. The number of carbonyl (C=O) groups excluding carboxylic acids is 1. The van der Waals surface area contributed by atoms with Crippen molar-refractivity contribution in [3.63, 3.8) is 0 Å². The molecule has 0 amide bonds. The highest BCUT2D eigenvalue weighted by molar-refractivity contribution is 6.10. The summed E-state index contributed by atoms with van der Waals surface area (Å²) in [5, 5.41) is 3.81. The van der Waals surface area contributed by atoms with Gasteiger partial charge in [0.2, 0.25) is 0 Å². The van der Waals surface area contributed by atoms with Crippen molar-refractivity contribution in [1.29, 1.82) is 0 Å². The van der Waals surface area contributed by atoms with E-state index in [9.17, 15) is 4.79 Å². The van der Waals surface area contributed by atoms with Gasteiger partial charge in [-0.05, 0) is 25.3 Å². The van der Waals surface area contributed by atoms with Crippen molar-refractivity contribution >= 4 is 5.78 Å². The molecule has 0 atom stereocenters. The Kier molecular flexibility index (Phi) is 3.32. The third kappa shape index (κ3) is 2.21. The maximum Gasteiger partial charge on any atom is 0.198 e. The molecule has 0 radical (unpaired) electrons. The van der Waals surface area contributed by atoms with E-state index >= 15 is 0 Å². The molecule has 0 fully saturated rings. The van der Waals surface area contributed by atoms with Crippen LogP contribution in [0.2, 0.25) is 0 Å². The van der Waals surface area contributed by atoms with E-state index in [1.807, 2.05) is 24.3 Å². The Morgan fingerprint density at radius 1 is 1.17 bits per heavy atom. The molecule has 0 aliphatic carbocycles. The normalized spacial score (nSPS) is 10.9. The van der Waals surface area contributed by atoms with Gasteiger partial charge in [-0.2, -0.15) is 0 Å². The fraction of sp³-hybridized carbons (Fsp3) is 0.333. The molecule has 1 aromatic carbocycles. The van der Waals surface area contributed by atoms with Gasteiger partial charge in [0.1, 0.15) is 5.76 Å². The van der Waals surface area contributed by atoms with E-state index in [2.05, 4.69) is 19.0 Å². The van der Waals surface area contributed by atoms with Crippen LogP contribution in [0.15, 0.2) is 28.8 Å². The van der Waals surface area contributed by atoms with Gasteiger partial charge in [-0.1, -0.05) is 43.3 Å². The smallest absolute Gasteiger partial charge is 0.198 e. The lowest BCUT2D eigenvalue weighted by Gasteiger charge is -2.06. The molecule has 0 spiro atoms. The lowest BCUT2D eigenvalue weighted by molar-refractivity contribution is 0.103. The molecular weight excluding hydrogens is 226 g/mol. The average molecular weight is 243 g/mol. The van der Waals surface area contributed by atoms with Crippen molar-refractivity contribution in [3.05, 3.63) is 52.4 Å². The van der Waals surface area contributed by atoms with Crippen LogP contribution in [0.1, 0.15) is 52.7 Å². The summed E-state index contributed by atoms with van der Waals surface area (Å²) in [6.07, 6.45) is 0. The third-order valence-corrected chi connectivity index (χ3v) is 3.10. The molecule has 1 heterocycles. The quantitative estimate of drug-likeness (QED) is 0.773. The summed E-state index contributed by atoms with van der Waals surface area (Å²) >= 11 is 0. The fourth-order valence-corrected chi connectivity index (χ4v) is 1.97. The van der Waals surface area contributed by atoms with Crippen LogP contribution in [-0.2, 0) is 0 Å². The van der Waals surface area contributed by atoms with Gasteiger partial charge in [0.05, 0.1) is 11.3 Å². The molecule has 0 unspecified atom stereocenters. The van der Waals surface area contributed by atoms with E-state index < -0.39 is 0 Å². The van der Waals surface area contributed by atoms with Crippen molar-refractivity contribution in [1.82, 2.24) is 5.16 Å². The first-order valence-corrected chi connectivity index (χ1v) is 6.08. The highest BCUT2D eigenvalue weighted by Gasteiger charge is 2.18. The number of ketones is 1. The standard InChI is InChI=1S/C15H17NO2/c1-9(2)12-5-7-13(8-6-12)15(17)14-10(3)16-18-11(14)4/h5-9H,1-4H3. The molecule has 0 saturated heterocycles. The molecule has 0 saturated carbocycles. The fourth-order valence-electron chi connectivity index (χ4n) is 1.97. The Bertz CT molecular complexity index is 545. The van der Waals surface area contributed by atoms with Crippen molar-refractivity contribution in [2.75, 3.05) is 0 Å². The van der Waals surface area contributed by atoms with E-state index in [-0.39, 0.29) is 5.78 Å². The Labute approximate surface area is 107 Å². The Morgan fingerprint density at radius 3 is 2.22 bits per heavy atom. The van der Waals surface area contributed by atoms with Crippen LogP contribution in [-0.4, -0.2) is 10.9 Å². The molecule has 1 aromatic heterocycles. The van der Waals surface area contributed by atoms with E-state index in [0.29, 0.717) is 28.5 Å². The lowest BCUT2D eigenvalue weighted by atomic mass is 9.97. The number of aromatic nitrogens is 1. The number of rotatable bonds is 3. The molecule has 0 N–H and O–H groups in total. The van der Waals surface area contributed by atoms with Gasteiger partial charge < -0.3 is 4.52 Å². The molecule has 18 heavy (non-hydrogen) atoms. The number of hydrogen-bond donors (Lipinski definition) is 0. The topological polar surface area (TPSA) is 43.1 Å². The number of carbonyl (C=O) groups is 1. The number of nitrogens with zero attached hydrogens (tertiary/aromatic N) is 1. The minimum atomic E-state index is -0.0263. The minimum Gasteiger partial charge on any atom is -0.361 e. The van der Waals surface area contributed by atoms with Crippen LogP contribution in [0.25, 0.3) is 0 Å². The van der Waals surface area contributed by atoms with Crippen LogP contribution < -0.4 is 0 Å². The molecule has 3 nitrogen and oxygen atoms in total. The zero-order valence-corrected chi connectivity index (χ0v) is 11.2. The lowest BCUT2D eigenvalue weighted by Crippen LogP contribution is -2.04. The number of hydrogen-bond acceptors (Lipinski definition) is 3. The molecule has 3 heteroatoms. The minimum absolute atomic E-state index is 0.0263. The molecule has 0 bridgehead atoms. The summed E-state index contributed by atoms with van der Waals surface area (Å²) in [4.78, 5) is 12.3. The molecule has 0 aliphatic rings. The predicted molar refractivity (Wildman–Crippen MR) is 69.9 cm³/mol. The van der Waals surface area contributed by atoms with Gasteiger partial charge in [0.15, 0.2) is 5.78 Å².